The van der Waals surface area contributed by atoms with E-state index in [0.717, 1.165) is 18.6 Å². The van der Waals surface area contributed by atoms with Gasteiger partial charge >= 0.3 is 6.18 Å². The van der Waals surface area contributed by atoms with Gasteiger partial charge in [0.2, 0.25) is 0 Å². The lowest BCUT2D eigenvalue weighted by Gasteiger charge is -2.31. The molecule has 1 fully saturated rings. The molecule has 5 heteroatoms. The minimum atomic E-state index is -4.06. The highest BCUT2D eigenvalue weighted by Crippen LogP contribution is 2.37. The lowest BCUT2D eigenvalue weighted by Crippen LogP contribution is -2.42. The summed E-state index contributed by atoms with van der Waals surface area (Å²) in [6.45, 7) is 0.615. The van der Waals surface area contributed by atoms with Crippen LogP contribution in [0, 0.1) is 5.92 Å². The molecule has 2 nitrogen and oxygen atoms in total. The fraction of sp³-hybridized carbons (Fsp3) is 0.625. The van der Waals surface area contributed by atoms with Crippen LogP contribution in [0.1, 0.15) is 31.2 Å². The van der Waals surface area contributed by atoms with Crippen LogP contribution in [0.5, 0.6) is 5.75 Å². The van der Waals surface area contributed by atoms with Gasteiger partial charge in [0.25, 0.3) is 0 Å². The van der Waals surface area contributed by atoms with Crippen LogP contribution in [0.2, 0.25) is 0 Å². The Hall–Kier alpha value is -1.23. The fourth-order valence-electron chi connectivity index (χ4n) is 3.34. The first-order valence-electron chi connectivity index (χ1n) is 7.57. The Morgan fingerprint density at radius 2 is 2.00 bits per heavy atom. The zero-order chi connectivity index (χ0) is 14.9. The lowest BCUT2D eigenvalue weighted by atomic mass is 9.85. The van der Waals surface area contributed by atoms with E-state index < -0.39 is 12.1 Å². The number of halogens is 3. The zero-order valence-corrected chi connectivity index (χ0v) is 11.8. The van der Waals surface area contributed by atoms with Crippen LogP contribution in [0.4, 0.5) is 13.2 Å². The summed E-state index contributed by atoms with van der Waals surface area (Å²) in [5.41, 5.74) is 1.18. The Morgan fingerprint density at radius 1 is 1.19 bits per heavy atom. The van der Waals surface area contributed by atoms with Gasteiger partial charge < -0.3 is 10.1 Å². The monoisotopic (exact) mass is 299 g/mol. The van der Waals surface area contributed by atoms with Crippen molar-refractivity contribution in [3.05, 3.63) is 29.8 Å². The number of hydrogen-bond donors (Lipinski definition) is 1. The normalized spacial score (nSPS) is 29.0. The van der Waals surface area contributed by atoms with Crippen molar-refractivity contribution >= 4 is 0 Å². The molecule has 0 saturated heterocycles. The molecule has 2 aliphatic rings. The molecule has 0 aromatic heterocycles. The SMILES string of the molecule is FC(F)(F)C1CCCC(NCC2Cc3ccccc3O2)C1. The van der Waals surface area contributed by atoms with Crippen molar-refractivity contribution in [1.82, 2.24) is 5.32 Å². The predicted molar refractivity (Wildman–Crippen MR) is 74.4 cm³/mol. The average Bonchev–Trinajstić information content (AvgIpc) is 2.87. The van der Waals surface area contributed by atoms with Gasteiger partial charge in [-0.15, -0.1) is 0 Å². The standard InChI is InChI=1S/C16H20F3NO/c17-16(18,19)12-5-3-6-13(9-12)20-10-14-8-11-4-1-2-7-15(11)21-14/h1-2,4,7,12-14,20H,3,5-6,8-10H2. The summed E-state index contributed by atoms with van der Waals surface area (Å²) in [6, 6.07) is 7.85. The third-order valence-corrected chi connectivity index (χ3v) is 4.49. The second-order valence-corrected chi connectivity index (χ2v) is 6.06. The maximum Gasteiger partial charge on any atom is 0.391 e. The Morgan fingerprint density at radius 3 is 2.76 bits per heavy atom. The number of para-hydroxylation sites is 1. The number of rotatable bonds is 3. The highest BCUT2D eigenvalue weighted by atomic mass is 19.4. The van der Waals surface area contributed by atoms with E-state index in [9.17, 15) is 13.2 Å². The molecular formula is C16H20F3NO. The largest absolute Gasteiger partial charge is 0.488 e. The van der Waals surface area contributed by atoms with Crippen molar-refractivity contribution in [2.45, 2.75) is 50.4 Å². The molecule has 1 N–H and O–H groups in total. The molecule has 1 aliphatic heterocycles. The maximum absolute atomic E-state index is 12.8. The van der Waals surface area contributed by atoms with Gasteiger partial charge in [-0.2, -0.15) is 13.2 Å². The van der Waals surface area contributed by atoms with Crippen molar-refractivity contribution in [3.8, 4) is 5.75 Å². The van der Waals surface area contributed by atoms with Crippen molar-refractivity contribution in [1.29, 1.82) is 0 Å². The van der Waals surface area contributed by atoms with Crippen molar-refractivity contribution in [2.75, 3.05) is 6.54 Å². The molecule has 1 aliphatic carbocycles. The first-order chi connectivity index (χ1) is 10.0. The lowest BCUT2D eigenvalue weighted by molar-refractivity contribution is -0.183. The molecule has 0 bridgehead atoms. The van der Waals surface area contributed by atoms with Crippen molar-refractivity contribution in [2.24, 2.45) is 5.92 Å². The van der Waals surface area contributed by atoms with E-state index in [2.05, 4.69) is 5.32 Å². The summed E-state index contributed by atoms with van der Waals surface area (Å²) in [5, 5.41) is 3.28. The van der Waals surface area contributed by atoms with Crippen LogP contribution in [0.15, 0.2) is 24.3 Å². The first kappa shape index (κ1) is 14.7. The van der Waals surface area contributed by atoms with Gasteiger partial charge in [0, 0.05) is 19.0 Å². The minimum Gasteiger partial charge on any atom is -0.488 e. The average molecular weight is 299 g/mol. The van der Waals surface area contributed by atoms with Gasteiger partial charge in [-0.05, 0) is 30.9 Å². The van der Waals surface area contributed by atoms with Crippen LogP contribution in [0.3, 0.4) is 0 Å². The number of nitrogens with one attached hydrogen (secondary N) is 1. The summed E-state index contributed by atoms with van der Waals surface area (Å²) < 4.78 is 44.2. The quantitative estimate of drug-likeness (QED) is 0.919. The van der Waals surface area contributed by atoms with Crippen LogP contribution < -0.4 is 10.1 Å². The third kappa shape index (κ3) is 3.51. The molecule has 3 unspecified atom stereocenters. The Balaban J connectivity index is 1.48. The predicted octanol–water partition coefficient (Wildman–Crippen LogP) is 3.70. The van der Waals surface area contributed by atoms with E-state index in [1.54, 1.807) is 0 Å². The molecule has 0 spiro atoms. The molecule has 1 saturated carbocycles. The van der Waals surface area contributed by atoms with Gasteiger partial charge in [-0.25, -0.2) is 0 Å². The van der Waals surface area contributed by atoms with E-state index in [0.29, 0.717) is 13.0 Å². The molecule has 0 radical (unpaired) electrons. The second kappa shape index (κ2) is 5.87. The summed E-state index contributed by atoms with van der Waals surface area (Å²) in [6.07, 6.45) is -1.25. The molecule has 116 valence electrons. The van der Waals surface area contributed by atoms with Gasteiger partial charge in [0.1, 0.15) is 11.9 Å². The molecule has 1 aromatic rings. The molecule has 3 rings (SSSR count). The molecule has 1 heterocycles. The van der Waals surface area contributed by atoms with E-state index in [-0.39, 0.29) is 25.0 Å². The first-order valence-corrected chi connectivity index (χ1v) is 7.57. The zero-order valence-electron chi connectivity index (χ0n) is 11.8. The van der Waals surface area contributed by atoms with E-state index in [1.807, 2.05) is 24.3 Å². The summed E-state index contributed by atoms with van der Waals surface area (Å²) in [7, 11) is 0. The second-order valence-electron chi connectivity index (χ2n) is 6.06. The molecular weight excluding hydrogens is 279 g/mol. The van der Waals surface area contributed by atoms with E-state index >= 15 is 0 Å². The van der Waals surface area contributed by atoms with Gasteiger partial charge in [-0.3, -0.25) is 0 Å². The summed E-state index contributed by atoms with van der Waals surface area (Å²) in [5.74, 6) is -0.244. The number of fused-ring (bicyclic) bond motifs is 1. The Bertz CT molecular complexity index is 464. The smallest absolute Gasteiger partial charge is 0.391 e. The topological polar surface area (TPSA) is 21.3 Å². The van der Waals surface area contributed by atoms with Crippen LogP contribution in [-0.2, 0) is 6.42 Å². The van der Waals surface area contributed by atoms with Crippen LogP contribution in [0.25, 0.3) is 0 Å². The number of hydrogen-bond acceptors (Lipinski definition) is 2. The van der Waals surface area contributed by atoms with Crippen molar-refractivity contribution < 1.29 is 17.9 Å². The number of benzene rings is 1. The fourth-order valence-corrected chi connectivity index (χ4v) is 3.34. The maximum atomic E-state index is 12.8. The Labute approximate surface area is 122 Å². The van der Waals surface area contributed by atoms with Gasteiger partial charge in [-0.1, -0.05) is 24.6 Å². The Kier molecular flexibility index (Phi) is 4.11. The number of alkyl halides is 3. The van der Waals surface area contributed by atoms with Crippen molar-refractivity contribution in [3.63, 3.8) is 0 Å². The van der Waals surface area contributed by atoms with E-state index in [1.165, 1.54) is 5.56 Å². The minimum absolute atomic E-state index is 0.0358. The van der Waals surface area contributed by atoms with E-state index in [4.69, 9.17) is 4.74 Å². The van der Waals surface area contributed by atoms with Gasteiger partial charge in [0.05, 0.1) is 5.92 Å². The third-order valence-electron chi connectivity index (χ3n) is 4.49. The van der Waals surface area contributed by atoms with Crippen LogP contribution in [-0.4, -0.2) is 24.9 Å². The molecule has 0 amide bonds. The highest BCUT2D eigenvalue weighted by Gasteiger charge is 2.42. The summed E-state index contributed by atoms with van der Waals surface area (Å²) >= 11 is 0. The van der Waals surface area contributed by atoms with Crippen LogP contribution >= 0.6 is 0 Å². The number of ether oxygens (including phenoxy) is 1. The van der Waals surface area contributed by atoms with Gasteiger partial charge in [0.15, 0.2) is 0 Å². The highest BCUT2D eigenvalue weighted by molar-refractivity contribution is 5.37. The summed E-state index contributed by atoms with van der Waals surface area (Å²) in [4.78, 5) is 0. The molecule has 1 aromatic carbocycles. The molecule has 21 heavy (non-hydrogen) atoms. The molecule has 3 atom stereocenters.